The Morgan fingerprint density at radius 1 is 0.778 bits per heavy atom. The number of quaternary nitrogens is 1. The fourth-order valence-corrected chi connectivity index (χ4v) is 4.50. The molecule has 36 heavy (non-hydrogen) atoms. The second-order valence-electron chi connectivity index (χ2n) is 11.0. The summed E-state index contributed by atoms with van der Waals surface area (Å²) < 4.78 is 26.7. The molecule has 8 nitrogen and oxygen atoms in total. The van der Waals surface area contributed by atoms with Gasteiger partial charge in [0, 0.05) is 6.42 Å². The van der Waals surface area contributed by atoms with E-state index in [1.165, 1.54) is 83.5 Å². The zero-order valence-corrected chi connectivity index (χ0v) is 24.6. The van der Waals surface area contributed by atoms with E-state index in [-0.39, 0.29) is 19.2 Å². The number of aliphatic hydroxyl groups excluding tert-OH is 1. The number of rotatable bonds is 26. The molecule has 0 rings (SSSR count). The van der Waals surface area contributed by atoms with Gasteiger partial charge in [-0.3, -0.25) is 9.36 Å². The van der Waals surface area contributed by atoms with Crippen molar-refractivity contribution in [2.24, 2.45) is 0 Å². The Morgan fingerprint density at radius 2 is 1.22 bits per heavy atom. The van der Waals surface area contributed by atoms with Crippen LogP contribution < -0.4 is 4.89 Å². The molecule has 0 amide bonds. The van der Waals surface area contributed by atoms with Crippen LogP contribution in [0.15, 0.2) is 0 Å². The third-order valence-electron chi connectivity index (χ3n) is 6.11. The maximum absolute atomic E-state index is 11.8. The van der Waals surface area contributed by atoms with Crippen LogP contribution in [0.1, 0.15) is 116 Å². The van der Waals surface area contributed by atoms with Gasteiger partial charge in [-0.25, -0.2) is 0 Å². The van der Waals surface area contributed by atoms with Crippen molar-refractivity contribution in [1.82, 2.24) is 0 Å². The predicted octanol–water partition coefficient (Wildman–Crippen LogP) is 5.75. The third kappa shape index (κ3) is 26.6. The molecule has 1 N–H and O–H groups in total. The molecule has 9 heteroatoms. The lowest BCUT2D eigenvalue weighted by molar-refractivity contribution is -0.870. The van der Waals surface area contributed by atoms with Crippen LogP contribution in [0.5, 0.6) is 0 Å². The van der Waals surface area contributed by atoms with Crippen LogP contribution in [0.2, 0.25) is 0 Å². The van der Waals surface area contributed by atoms with Crippen molar-refractivity contribution in [3.8, 4) is 0 Å². The van der Waals surface area contributed by atoms with Crippen molar-refractivity contribution in [3.63, 3.8) is 0 Å². The minimum absolute atomic E-state index is 0.00529. The number of esters is 1. The molecule has 0 bridgehead atoms. The molecular weight excluding hydrogens is 481 g/mol. The first kappa shape index (κ1) is 35.5. The van der Waals surface area contributed by atoms with Gasteiger partial charge in [-0.15, -0.1) is 0 Å². The van der Waals surface area contributed by atoms with Gasteiger partial charge in [-0.1, -0.05) is 103 Å². The molecule has 0 aromatic carbocycles. The van der Waals surface area contributed by atoms with Gasteiger partial charge in [0.25, 0.3) is 7.82 Å². The molecule has 0 aliphatic heterocycles. The highest BCUT2D eigenvalue weighted by Crippen LogP contribution is 2.38. The van der Waals surface area contributed by atoms with E-state index in [4.69, 9.17) is 9.26 Å². The molecule has 0 aromatic rings. The Hall–Kier alpha value is -0.500. The number of unbranched alkanes of at least 4 members (excludes halogenated alkanes) is 15. The number of phosphoric ester groups is 1. The lowest BCUT2D eigenvalue weighted by Gasteiger charge is -2.27. The van der Waals surface area contributed by atoms with Crippen molar-refractivity contribution in [2.45, 2.75) is 122 Å². The number of phosphoric acid groups is 1. The minimum atomic E-state index is -4.49. The summed E-state index contributed by atoms with van der Waals surface area (Å²) in [6.45, 7) is 1.95. The number of likely N-dealkylation sites (N-methyl/N-ethyl adjacent to an activating group) is 1. The number of ether oxygens (including phenoxy) is 1. The number of carbonyl (C=O) groups is 1. The Labute approximate surface area is 221 Å². The van der Waals surface area contributed by atoms with Crippen molar-refractivity contribution in [2.75, 3.05) is 47.5 Å². The molecule has 0 saturated heterocycles. The zero-order chi connectivity index (χ0) is 27.1. The average molecular weight is 538 g/mol. The molecule has 0 fully saturated rings. The van der Waals surface area contributed by atoms with E-state index in [2.05, 4.69) is 11.4 Å². The van der Waals surface area contributed by atoms with Crippen LogP contribution >= 0.6 is 7.82 Å². The van der Waals surface area contributed by atoms with Gasteiger partial charge in [-0.05, 0) is 6.42 Å². The first-order valence-corrected chi connectivity index (χ1v) is 15.8. The summed E-state index contributed by atoms with van der Waals surface area (Å²) in [4.78, 5) is 23.5. The highest BCUT2D eigenvalue weighted by molar-refractivity contribution is 7.45. The summed E-state index contributed by atoms with van der Waals surface area (Å²) in [6, 6.07) is 0. The van der Waals surface area contributed by atoms with Gasteiger partial charge in [0.15, 0.2) is 0 Å². The van der Waals surface area contributed by atoms with Crippen LogP contribution in [0, 0.1) is 0 Å². The number of carbonyl (C=O) groups excluding carboxylic acids is 1. The Balaban J connectivity index is 3.50. The van der Waals surface area contributed by atoms with Crippen molar-refractivity contribution in [1.29, 1.82) is 0 Å². The van der Waals surface area contributed by atoms with E-state index < -0.39 is 20.5 Å². The molecule has 216 valence electrons. The van der Waals surface area contributed by atoms with Crippen LogP contribution in [0.3, 0.4) is 0 Å². The highest BCUT2D eigenvalue weighted by Gasteiger charge is 2.16. The average Bonchev–Trinajstić information content (AvgIpc) is 2.80. The summed E-state index contributed by atoms with van der Waals surface area (Å²) in [5.41, 5.74) is 0. The van der Waals surface area contributed by atoms with Crippen LogP contribution in [-0.2, 0) is 23.1 Å². The summed E-state index contributed by atoms with van der Waals surface area (Å²) in [6.07, 6.45) is 19.5. The predicted molar refractivity (Wildman–Crippen MR) is 144 cm³/mol. The van der Waals surface area contributed by atoms with Crippen molar-refractivity contribution < 1.29 is 37.6 Å². The maximum atomic E-state index is 11.8. The van der Waals surface area contributed by atoms with Gasteiger partial charge < -0.3 is 28.3 Å². The SMILES string of the molecule is CCCCCCCCCCCCCCCCCCC(=O)OCC(O)COP(=O)([O-])OCC[N+](C)(C)C. The van der Waals surface area contributed by atoms with Gasteiger partial charge in [0.1, 0.15) is 25.9 Å². The summed E-state index contributed by atoms with van der Waals surface area (Å²) in [5.74, 6) is -0.385. The fourth-order valence-electron chi connectivity index (χ4n) is 3.77. The van der Waals surface area contributed by atoms with Gasteiger partial charge in [0.2, 0.25) is 0 Å². The Kier molecular flexibility index (Phi) is 22.2. The van der Waals surface area contributed by atoms with E-state index in [0.717, 1.165) is 19.3 Å². The quantitative estimate of drug-likeness (QED) is 0.0648. The van der Waals surface area contributed by atoms with Crippen LogP contribution in [-0.4, -0.2) is 69.2 Å². The minimum Gasteiger partial charge on any atom is -0.756 e. The monoisotopic (exact) mass is 537 g/mol. The number of hydrogen-bond donors (Lipinski definition) is 1. The smallest absolute Gasteiger partial charge is 0.305 e. The number of hydrogen-bond acceptors (Lipinski definition) is 7. The molecular formula is C27H56NO7P. The van der Waals surface area contributed by atoms with Gasteiger partial charge in [-0.2, -0.15) is 0 Å². The molecule has 2 unspecified atom stereocenters. The van der Waals surface area contributed by atoms with E-state index in [1.807, 2.05) is 21.1 Å². The molecule has 2 atom stereocenters. The Bertz CT molecular complexity index is 569. The summed E-state index contributed by atoms with van der Waals surface area (Å²) in [7, 11) is 1.26. The zero-order valence-electron chi connectivity index (χ0n) is 23.7. The number of aliphatic hydroxyl groups is 1. The van der Waals surface area contributed by atoms with E-state index in [9.17, 15) is 19.4 Å². The standard InChI is InChI=1S/C27H56NO7P/c1-5-6-7-8-9-10-11-12-13-14-15-16-17-18-19-20-21-27(30)33-24-26(29)25-35-36(31,32)34-23-22-28(2,3)4/h26,29H,5-25H2,1-4H3. The third-order valence-corrected chi connectivity index (χ3v) is 7.07. The summed E-state index contributed by atoms with van der Waals surface area (Å²) in [5, 5.41) is 9.81. The van der Waals surface area contributed by atoms with E-state index >= 15 is 0 Å². The molecule has 0 heterocycles. The van der Waals surface area contributed by atoms with Gasteiger partial charge >= 0.3 is 5.97 Å². The Morgan fingerprint density at radius 3 is 1.67 bits per heavy atom. The van der Waals surface area contributed by atoms with Crippen molar-refractivity contribution >= 4 is 13.8 Å². The fraction of sp³-hybridized carbons (Fsp3) is 0.963. The maximum Gasteiger partial charge on any atom is 0.305 e. The molecule has 0 aliphatic rings. The lowest BCUT2D eigenvalue weighted by Crippen LogP contribution is -2.37. The normalized spacial score (nSPS) is 14.5. The molecule has 0 saturated carbocycles. The topological polar surface area (TPSA) is 105 Å². The van der Waals surface area contributed by atoms with E-state index in [0.29, 0.717) is 17.4 Å². The van der Waals surface area contributed by atoms with E-state index in [1.54, 1.807) is 0 Å². The van der Waals surface area contributed by atoms with Gasteiger partial charge in [0.05, 0.1) is 27.7 Å². The van der Waals surface area contributed by atoms with Crippen molar-refractivity contribution in [3.05, 3.63) is 0 Å². The highest BCUT2D eigenvalue weighted by atomic mass is 31.2. The first-order valence-electron chi connectivity index (χ1n) is 14.3. The first-order chi connectivity index (χ1) is 17.1. The lowest BCUT2D eigenvalue weighted by atomic mass is 10.0. The van der Waals surface area contributed by atoms with Crippen LogP contribution in [0.4, 0.5) is 0 Å². The van der Waals surface area contributed by atoms with Crippen LogP contribution in [0.25, 0.3) is 0 Å². The largest absolute Gasteiger partial charge is 0.756 e. The number of nitrogens with zero attached hydrogens (tertiary/aromatic N) is 1. The molecule has 0 radical (unpaired) electrons. The summed E-state index contributed by atoms with van der Waals surface area (Å²) >= 11 is 0. The molecule has 0 aromatic heterocycles. The second kappa shape index (κ2) is 22.5. The second-order valence-corrected chi connectivity index (χ2v) is 12.4. The molecule has 0 aliphatic carbocycles. The molecule has 0 spiro atoms.